The van der Waals surface area contributed by atoms with Gasteiger partial charge in [-0.3, -0.25) is 4.55 Å². The lowest BCUT2D eigenvalue weighted by Gasteiger charge is -2.43. The van der Waals surface area contributed by atoms with Crippen molar-refractivity contribution in [3.8, 4) is 0 Å². The van der Waals surface area contributed by atoms with Crippen LogP contribution in [-0.2, 0) is 19.3 Å². The lowest BCUT2D eigenvalue weighted by atomic mass is 9.98. The zero-order valence-electron chi connectivity index (χ0n) is 8.24. The number of hydrogen-bond acceptors (Lipinski definition) is 9. The smallest absolute Gasteiger partial charge is 0.394 e. The summed E-state index contributed by atoms with van der Waals surface area (Å²) >= 11 is 0. The van der Waals surface area contributed by atoms with Gasteiger partial charge in [0.15, 0.2) is 6.10 Å². The van der Waals surface area contributed by atoms with Gasteiger partial charge >= 0.3 is 16.4 Å². The molecular weight excluding hydrogens is 264 g/mol. The van der Waals surface area contributed by atoms with Crippen LogP contribution in [-0.4, -0.2) is 75.5 Å². The molecule has 0 amide bonds. The van der Waals surface area contributed by atoms with Crippen molar-refractivity contribution in [3.05, 3.63) is 0 Å². The second kappa shape index (κ2) is 4.72. The standard InChI is InChI=1S/C6H12O10S/c7-1-2-3(8)4(9)5(10)6(11,15-2)16-17(12,13)14/h2-5,7-11H,1H2,(H,12,13,14)/t2-,3-,4+,5+,6+/m1/s1. The van der Waals surface area contributed by atoms with Gasteiger partial charge in [0.25, 0.3) is 0 Å². The first-order chi connectivity index (χ1) is 7.60. The van der Waals surface area contributed by atoms with Gasteiger partial charge in [-0.2, -0.15) is 12.6 Å². The van der Waals surface area contributed by atoms with Crippen molar-refractivity contribution in [1.82, 2.24) is 0 Å². The summed E-state index contributed by atoms with van der Waals surface area (Å²) in [6.45, 7) is -0.901. The summed E-state index contributed by atoms with van der Waals surface area (Å²) in [5.41, 5.74) is 0. The van der Waals surface area contributed by atoms with Crippen LogP contribution in [0.25, 0.3) is 0 Å². The maximum atomic E-state index is 10.4. The molecule has 102 valence electrons. The molecule has 6 N–H and O–H groups in total. The lowest BCUT2D eigenvalue weighted by Crippen LogP contribution is -2.66. The summed E-state index contributed by atoms with van der Waals surface area (Å²) in [6.07, 6.45) is -7.81. The first-order valence-corrected chi connectivity index (χ1v) is 5.70. The molecule has 0 radical (unpaired) electrons. The molecule has 0 aromatic carbocycles. The Hall–Kier alpha value is -0.370. The fraction of sp³-hybridized carbons (Fsp3) is 1.00. The van der Waals surface area contributed by atoms with Crippen molar-refractivity contribution in [2.45, 2.75) is 30.4 Å². The molecule has 0 spiro atoms. The van der Waals surface area contributed by atoms with Crippen LogP contribution in [0.1, 0.15) is 0 Å². The molecular formula is C6H12O10S. The molecule has 1 fully saturated rings. The molecule has 5 atom stereocenters. The molecule has 17 heavy (non-hydrogen) atoms. The normalized spacial score (nSPS) is 43.6. The van der Waals surface area contributed by atoms with Gasteiger partial charge in [0.1, 0.15) is 18.3 Å². The minimum atomic E-state index is -5.20. The van der Waals surface area contributed by atoms with Crippen LogP contribution in [0.15, 0.2) is 0 Å². The van der Waals surface area contributed by atoms with E-state index < -0.39 is 47.4 Å². The first kappa shape index (κ1) is 14.7. The average molecular weight is 276 g/mol. The summed E-state index contributed by atoms with van der Waals surface area (Å²) in [4.78, 5) is 0. The molecule has 0 bridgehead atoms. The van der Waals surface area contributed by atoms with E-state index in [1.165, 1.54) is 0 Å². The fourth-order valence-electron chi connectivity index (χ4n) is 1.34. The van der Waals surface area contributed by atoms with Gasteiger partial charge < -0.3 is 30.3 Å². The molecule has 1 heterocycles. The van der Waals surface area contributed by atoms with Crippen molar-refractivity contribution in [2.75, 3.05) is 6.61 Å². The monoisotopic (exact) mass is 276 g/mol. The second-order valence-corrected chi connectivity index (χ2v) is 4.43. The molecule has 10 nitrogen and oxygen atoms in total. The zero-order chi connectivity index (χ0) is 13.4. The highest BCUT2D eigenvalue weighted by atomic mass is 32.3. The fourth-order valence-corrected chi connectivity index (χ4v) is 1.78. The number of aliphatic hydroxyl groups is 5. The SMILES string of the molecule is O=S(=O)(O)O[C@@]1(O)O[C@H](CO)[C@@H](O)[C@H](O)[C@@H]1O. The third kappa shape index (κ3) is 3.09. The Labute approximate surface area is 95.6 Å². The molecule has 0 unspecified atom stereocenters. The molecule has 1 rings (SSSR count). The average Bonchev–Trinajstić information content (AvgIpc) is 2.18. The summed E-state index contributed by atoms with van der Waals surface area (Å²) in [7, 11) is -5.20. The van der Waals surface area contributed by atoms with E-state index in [4.69, 9.17) is 9.66 Å². The number of rotatable bonds is 3. The Bertz CT molecular complexity index is 365. The van der Waals surface area contributed by atoms with Gasteiger partial charge in [0.2, 0.25) is 0 Å². The Morgan fingerprint density at radius 1 is 1.24 bits per heavy atom. The lowest BCUT2D eigenvalue weighted by molar-refractivity contribution is -0.422. The molecule has 11 heteroatoms. The van der Waals surface area contributed by atoms with Crippen LogP contribution in [0.5, 0.6) is 0 Å². The van der Waals surface area contributed by atoms with Gasteiger partial charge in [-0.1, -0.05) is 0 Å². The van der Waals surface area contributed by atoms with E-state index in [0.29, 0.717) is 0 Å². The molecule has 1 saturated heterocycles. The predicted octanol–water partition coefficient (Wildman–Crippen LogP) is -4.07. The third-order valence-corrected chi connectivity index (χ3v) is 2.60. The van der Waals surface area contributed by atoms with E-state index in [9.17, 15) is 28.8 Å². The molecule has 1 aliphatic heterocycles. The first-order valence-electron chi connectivity index (χ1n) is 4.34. The molecule has 0 aromatic rings. The summed E-state index contributed by atoms with van der Waals surface area (Å²) < 4.78 is 37.2. The summed E-state index contributed by atoms with van der Waals surface area (Å²) in [5, 5.41) is 46.0. The number of hydrogen-bond donors (Lipinski definition) is 6. The van der Waals surface area contributed by atoms with Crippen molar-refractivity contribution >= 4 is 10.4 Å². The van der Waals surface area contributed by atoms with Crippen molar-refractivity contribution in [1.29, 1.82) is 0 Å². The number of aliphatic hydroxyl groups excluding tert-OH is 4. The zero-order valence-corrected chi connectivity index (χ0v) is 9.06. The Morgan fingerprint density at radius 2 is 1.76 bits per heavy atom. The van der Waals surface area contributed by atoms with Gasteiger partial charge in [0, 0.05) is 0 Å². The quantitative estimate of drug-likeness (QED) is 0.220. The van der Waals surface area contributed by atoms with E-state index in [1.807, 2.05) is 0 Å². The van der Waals surface area contributed by atoms with E-state index in [2.05, 4.69) is 8.92 Å². The van der Waals surface area contributed by atoms with Gasteiger partial charge in [0.05, 0.1) is 6.61 Å². The van der Waals surface area contributed by atoms with E-state index >= 15 is 0 Å². The van der Waals surface area contributed by atoms with E-state index in [0.717, 1.165) is 0 Å². The van der Waals surface area contributed by atoms with E-state index in [1.54, 1.807) is 0 Å². The van der Waals surface area contributed by atoms with Crippen LogP contribution in [0.3, 0.4) is 0 Å². The van der Waals surface area contributed by atoms with Gasteiger partial charge in [-0.25, -0.2) is 0 Å². The van der Waals surface area contributed by atoms with Crippen LogP contribution in [0.2, 0.25) is 0 Å². The summed E-state index contributed by atoms with van der Waals surface area (Å²) in [5.74, 6) is -3.31. The summed E-state index contributed by atoms with van der Waals surface area (Å²) in [6, 6.07) is 0. The predicted molar refractivity (Wildman–Crippen MR) is 47.6 cm³/mol. The van der Waals surface area contributed by atoms with Gasteiger partial charge in [-0.15, -0.1) is 0 Å². The van der Waals surface area contributed by atoms with Crippen molar-refractivity contribution < 1.29 is 47.4 Å². The topological polar surface area (TPSA) is 174 Å². The molecule has 0 aromatic heterocycles. The highest BCUT2D eigenvalue weighted by Crippen LogP contribution is 2.30. The van der Waals surface area contributed by atoms with Crippen LogP contribution < -0.4 is 0 Å². The number of ether oxygens (including phenoxy) is 1. The van der Waals surface area contributed by atoms with Crippen LogP contribution in [0.4, 0.5) is 0 Å². The van der Waals surface area contributed by atoms with Crippen molar-refractivity contribution in [2.24, 2.45) is 0 Å². The third-order valence-electron chi connectivity index (χ3n) is 2.15. The Kier molecular flexibility index (Phi) is 4.08. The highest BCUT2D eigenvalue weighted by Gasteiger charge is 2.56. The Balaban J connectivity index is 2.99. The largest absolute Gasteiger partial charge is 0.402 e. The molecule has 0 aliphatic carbocycles. The maximum Gasteiger partial charge on any atom is 0.402 e. The second-order valence-electron chi connectivity index (χ2n) is 3.41. The molecule has 0 saturated carbocycles. The maximum absolute atomic E-state index is 10.4. The Morgan fingerprint density at radius 3 is 2.18 bits per heavy atom. The minimum Gasteiger partial charge on any atom is -0.394 e. The highest BCUT2D eigenvalue weighted by molar-refractivity contribution is 7.80. The van der Waals surface area contributed by atoms with Crippen molar-refractivity contribution in [3.63, 3.8) is 0 Å². The van der Waals surface area contributed by atoms with Crippen LogP contribution >= 0.6 is 0 Å². The molecule has 1 aliphatic rings. The van der Waals surface area contributed by atoms with E-state index in [-0.39, 0.29) is 0 Å². The minimum absolute atomic E-state index is 0.901. The van der Waals surface area contributed by atoms with Gasteiger partial charge in [-0.05, 0) is 0 Å². The van der Waals surface area contributed by atoms with Crippen LogP contribution in [0, 0.1) is 0 Å².